The molecular formula is C25H26N6O. The summed E-state index contributed by atoms with van der Waals surface area (Å²) in [5.74, 6) is 0.981. The molecule has 5 rings (SSSR count). The van der Waals surface area contributed by atoms with Gasteiger partial charge < -0.3 is 10.2 Å². The number of anilines is 1. The van der Waals surface area contributed by atoms with Crippen LogP contribution in [0.5, 0.6) is 0 Å². The molecule has 1 aliphatic heterocycles. The number of aromatic nitrogens is 4. The Labute approximate surface area is 187 Å². The summed E-state index contributed by atoms with van der Waals surface area (Å²) in [6.45, 7) is 3.61. The third kappa shape index (κ3) is 3.82. The molecular weight excluding hydrogens is 400 g/mol. The average molecular weight is 427 g/mol. The number of pyridine rings is 1. The lowest BCUT2D eigenvalue weighted by Crippen LogP contribution is -2.52. The molecule has 0 radical (unpaired) electrons. The van der Waals surface area contributed by atoms with Crippen molar-refractivity contribution in [1.29, 1.82) is 0 Å². The molecule has 0 spiro atoms. The van der Waals surface area contributed by atoms with E-state index in [9.17, 15) is 4.79 Å². The van der Waals surface area contributed by atoms with Crippen LogP contribution in [0.1, 0.15) is 34.0 Å². The third-order valence-corrected chi connectivity index (χ3v) is 6.24. The number of piperidine rings is 1. The number of rotatable bonds is 4. The Morgan fingerprint density at radius 1 is 1.09 bits per heavy atom. The Morgan fingerprint density at radius 3 is 2.72 bits per heavy atom. The summed E-state index contributed by atoms with van der Waals surface area (Å²) in [7, 11) is 1.87. The maximum atomic E-state index is 13.0. The van der Waals surface area contributed by atoms with Crippen molar-refractivity contribution in [2.75, 3.05) is 18.0 Å². The minimum absolute atomic E-state index is 0.0756. The zero-order valence-electron chi connectivity index (χ0n) is 18.3. The van der Waals surface area contributed by atoms with Gasteiger partial charge in [-0.15, -0.1) is 5.10 Å². The van der Waals surface area contributed by atoms with Gasteiger partial charge in [0.25, 0.3) is 5.91 Å². The summed E-state index contributed by atoms with van der Waals surface area (Å²) in [5.41, 5.74) is 2.76. The molecule has 0 saturated carbocycles. The lowest BCUT2D eigenvalue weighted by atomic mass is 9.88. The number of nitrogens with one attached hydrogen (secondary N) is 1. The predicted molar refractivity (Wildman–Crippen MR) is 125 cm³/mol. The number of aryl methyl sites for hydroxylation is 2. The van der Waals surface area contributed by atoms with Crippen molar-refractivity contribution in [2.24, 2.45) is 7.05 Å². The maximum absolute atomic E-state index is 13.0. The monoisotopic (exact) mass is 426 g/mol. The Bertz CT molecular complexity index is 1250. The smallest absolute Gasteiger partial charge is 0.251 e. The van der Waals surface area contributed by atoms with Crippen molar-refractivity contribution in [3.05, 3.63) is 83.8 Å². The number of hydrogen-bond acceptors (Lipinski definition) is 5. The molecule has 7 heteroatoms. The molecule has 1 fully saturated rings. The van der Waals surface area contributed by atoms with Crippen LogP contribution in [0.2, 0.25) is 0 Å². The van der Waals surface area contributed by atoms with Gasteiger partial charge in [0.05, 0.1) is 11.7 Å². The number of carbonyl (C=O) groups excluding carboxylic acids is 1. The highest BCUT2D eigenvalue weighted by Gasteiger charge is 2.34. The highest BCUT2D eigenvalue weighted by molar-refractivity contribution is 5.95. The number of nitrogens with zero attached hydrogens (tertiary/aromatic N) is 5. The second kappa shape index (κ2) is 8.42. The van der Waals surface area contributed by atoms with E-state index < -0.39 is 0 Å². The highest BCUT2D eigenvalue weighted by Crippen LogP contribution is 2.33. The van der Waals surface area contributed by atoms with E-state index in [1.807, 2.05) is 55.8 Å². The van der Waals surface area contributed by atoms with Gasteiger partial charge in [-0.2, -0.15) is 0 Å². The normalized spacial score (nSPS) is 18.6. The second-order valence-electron chi connectivity index (χ2n) is 8.41. The van der Waals surface area contributed by atoms with Gasteiger partial charge in [0.15, 0.2) is 0 Å². The van der Waals surface area contributed by atoms with Crippen LogP contribution in [-0.4, -0.2) is 45.0 Å². The molecule has 0 bridgehead atoms. The van der Waals surface area contributed by atoms with Gasteiger partial charge in [-0.1, -0.05) is 41.6 Å². The topological polar surface area (TPSA) is 75.9 Å². The number of fused-ring (bicyclic) bond motifs is 1. The lowest BCUT2D eigenvalue weighted by Gasteiger charge is -2.39. The van der Waals surface area contributed by atoms with E-state index in [1.165, 1.54) is 16.3 Å². The number of hydrogen-bond donors (Lipinski definition) is 1. The molecule has 1 N–H and O–H groups in total. The van der Waals surface area contributed by atoms with Crippen LogP contribution in [0.25, 0.3) is 10.8 Å². The molecule has 4 aromatic rings. The standard InChI is InChI=1S/C25H26N6O/c1-17-7-6-10-18-11-13-26-24(23(17)18)31-14-12-20(22-15-30(2)29-28-22)21(16-31)27-25(32)19-8-4-3-5-9-19/h3-11,13,15,20-21H,12,14,16H2,1-2H3,(H,27,32)/t20-,21+/m1/s1. The van der Waals surface area contributed by atoms with E-state index in [4.69, 9.17) is 4.98 Å². The summed E-state index contributed by atoms with van der Waals surface area (Å²) in [6.07, 6.45) is 4.66. The fourth-order valence-electron chi connectivity index (χ4n) is 4.65. The Morgan fingerprint density at radius 2 is 1.94 bits per heavy atom. The summed E-state index contributed by atoms with van der Waals surface area (Å²) < 4.78 is 1.72. The van der Waals surface area contributed by atoms with Crippen LogP contribution in [0.3, 0.4) is 0 Å². The van der Waals surface area contributed by atoms with Crippen LogP contribution in [0, 0.1) is 6.92 Å². The molecule has 1 aliphatic rings. The van der Waals surface area contributed by atoms with Crippen molar-refractivity contribution >= 4 is 22.5 Å². The Balaban J connectivity index is 1.48. The number of carbonyl (C=O) groups is 1. The van der Waals surface area contributed by atoms with Crippen LogP contribution >= 0.6 is 0 Å². The molecule has 1 saturated heterocycles. The minimum atomic E-state index is -0.116. The van der Waals surface area contributed by atoms with Gasteiger partial charge in [0, 0.05) is 49.4 Å². The van der Waals surface area contributed by atoms with Crippen molar-refractivity contribution in [3.63, 3.8) is 0 Å². The van der Waals surface area contributed by atoms with E-state index in [0.29, 0.717) is 12.1 Å². The summed E-state index contributed by atoms with van der Waals surface area (Å²) >= 11 is 0. The van der Waals surface area contributed by atoms with Gasteiger partial charge in [-0.05, 0) is 42.5 Å². The molecule has 2 atom stereocenters. The molecule has 3 heterocycles. The number of amides is 1. The van der Waals surface area contributed by atoms with Crippen LogP contribution in [-0.2, 0) is 7.05 Å². The Kier molecular flexibility index (Phi) is 5.31. The fraction of sp³-hybridized carbons (Fsp3) is 0.280. The molecule has 162 valence electrons. The molecule has 1 amide bonds. The fourth-order valence-corrected chi connectivity index (χ4v) is 4.65. The van der Waals surface area contributed by atoms with Crippen LogP contribution in [0.15, 0.2) is 67.0 Å². The molecule has 2 aromatic carbocycles. The first-order valence-corrected chi connectivity index (χ1v) is 10.9. The molecule has 7 nitrogen and oxygen atoms in total. The highest BCUT2D eigenvalue weighted by atomic mass is 16.1. The van der Waals surface area contributed by atoms with Gasteiger partial charge in [0.2, 0.25) is 0 Å². The van der Waals surface area contributed by atoms with Crippen molar-refractivity contribution < 1.29 is 4.79 Å². The largest absolute Gasteiger partial charge is 0.354 e. The van der Waals surface area contributed by atoms with E-state index in [1.54, 1.807) is 4.68 Å². The Hall–Kier alpha value is -3.74. The lowest BCUT2D eigenvalue weighted by molar-refractivity contribution is 0.0927. The van der Waals surface area contributed by atoms with Gasteiger partial charge in [-0.3, -0.25) is 9.48 Å². The zero-order valence-corrected chi connectivity index (χ0v) is 18.3. The zero-order chi connectivity index (χ0) is 22.1. The van der Waals surface area contributed by atoms with E-state index in [0.717, 1.165) is 24.5 Å². The number of benzene rings is 2. The van der Waals surface area contributed by atoms with Crippen molar-refractivity contribution in [2.45, 2.75) is 25.3 Å². The van der Waals surface area contributed by atoms with E-state index in [-0.39, 0.29) is 17.9 Å². The van der Waals surface area contributed by atoms with Crippen LogP contribution in [0.4, 0.5) is 5.82 Å². The quantitative estimate of drug-likeness (QED) is 0.541. The third-order valence-electron chi connectivity index (χ3n) is 6.24. The van der Waals surface area contributed by atoms with Crippen LogP contribution < -0.4 is 10.2 Å². The van der Waals surface area contributed by atoms with Gasteiger partial charge in [0.1, 0.15) is 5.82 Å². The second-order valence-corrected chi connectivity index (χ2v) is 8.41. The van der Waals surface area contributed by atoms with Crippen molar-refractivity contribution in [1.82, 2.24) is 25.3 Å². The maximum Gasteiger partial charge on any atom is 0.251 e. The minimum Gasteiger partial charge on any atom is -0.354 e. The SMILES string of the molecule is Cc1cccc2ccnc(N3CC[C@@H](c4cn(C)nn4)[C@@H](NC(=O)c4ccccc4)C3)c12. The first kappa shape index (κ1) is 20.2. The summed E-state index contributed by atoms with van der Waals surface area (Å²) in [4.78, 5) is 20.1. The molecule has 0 unspecified atom stereocenters. The average Bonchev–Trinajstić information content (AvgIpc) is 3.25. The first-order valence-electron chi connectivity index (χ1n) is 10.9. The molecule has 32 heavy (non-hydrogen) atoms. The first-order chi connectivity index (χ1) is 15.6. The van der Waals surface area contributed by atoms with Gasteiger partial charge in [-0.25, -0.2) is 4.98 Å². The van der Waals surface area contributed by atoms with Crippen molar-refractivity contribution in [3.8, 4) is 0 Å². The summed E-state index contributed by atoms with van der Waals surface area (Å²) in [5, 5.41) is 14.1. The predicted octanol–water partition coefficient (Wildman–Crippen LogP) is 3.46. The molecule has 0 aliphatic carbocycles. The van der Waals surface area contributed by atoms with E-state index >= 15 is 0 Å². The van der Waals surface area contributed by atoms with E-state index in [2.05, 4.69) is 45.7 Å². The molecule has 2 aromatic heterocycles. The summed E-state index contributed by atoms with van der Waals surface area (Å²) in [6, 6.07) is 17.6. The van der Waals surface area contributed by atoms with Gasteiger partial charge >= 0.3 is 0 Å².